The molecule has 0 fully saturated rings. The zero-order chi connectivity index (χ0) is 24.0. The Morgan fingerprint density at radius 2 is 1.79 bits per heavy atom. The number of aromatic nitrogens is 2. The van der Waals surface area contributed by atoms with Gasteiger partial charge in [-0.25, -0.2) is 4.98 Å². The molecule has 0 unspecified atom stereocenters. The number of aryl methyl sites for hydroxylation is 1. The van der Waals surface area contributed by atoms with Gasteiger partial charge in [-0.1, -0.05) is 41.4 Å². The molecule has 3 aromatic heterocycles. The predicted octanol–water partition coefficient (Wildman–Crippen LogP) is 5.36. The van der Waals surface area contributed by atoms with E-state index in [9.17, 15) is 9.59 Å². The highest BCUT2D eigenvalue weighted by atomic mass is 35.5. The molecule has 0 aliphatic carbocycles. The number of thiazole rings is 2. The van der Waals surface area contributed by atoms with E-state index in [1.807, 2.05) is 43.4 Å². The first kappa shape index (κ1) is 22.5. The molecule has 0 radical (unpaired) electrons. The van der Waals surface area contributed by atoms with Gasteiger partial charge in [0.2, 0.25) is 5.78 Å². The second-order valence-corrected chi connectivity index (χ2v) is 10.5. The summed E-state index contributed by atoms with van der Waals surface area (Å²) in [6.45, 7) is 2.05. The Kier molecular flexibility index (Phi) is 5.85. The van der Waals surface area contributed by atoms with Crippen molar-refractivity contribution in [1.29, 1.82) is 0 Å². The first-order valence-corrected chi connectivity index (χ1v) is 12.6. The van der Waals surface area contributed by atoms with Crippen molar-refractivity contribution in [2.24, 2.45) is 0 Å². The smallest absolute Gasteiger partial charge is 0.275 e. The lowest BCUT2D eigenvalue weighted by Gasteiger charge is -2.01. The number of rotatable bonds is 5. The number of carbonyl (C=O) groups excluding carboxylic acids is 1. The molecule has 5 nitrogen and oxygen atoms in total. The Labute approximate surface area is 209 Å². The van der Waals surface area contributed by atoms with Crippen LogP contribution in [-0.4, -0.2) is 34.2 Å². The number of ketones is 1. The van der Waals surface area contributed by atoms with Crippen LogP contribution in [0.25, 0.3) is 32.9 Å². The van der Waals surface area contributed by atoms with Crippen molar-refractivity contribution < 1.29 is 4.79 Å². The standard InChI is InChI=1S/C26H20ClN3O2S2/c1-15-4-6-16(7-5-15)20-14-33-24(28-20)19-12-21(23(31)17-8-10-18(27)11-9-17)30-25(32)22(13-29(2)3)34-26(19)30/h4-14H,1-3H3/b22-13-. The number of hydrogen-bond donors (Lipinski definition) is 0. The molecule has 0 aliphatic rings. The normalized spacial score (nSPS) is 11.9. The van der Waals surface area contributed by atoms with Gasteiger partial charge in [-0.2, -0.15) is 0 Å². The molecule has 2 aromatic carbocycles. The van der Waals surface area contributed by atoms with Gasteiger partial charge in [0, 0.05) is 47.4 Å². The molecule has 0 saturated heterocycles. The van der Waals surface area contributed by atoms with E-state index >= 15 is 0 Å². The van der Waals surface area contributed by atoms with E-state index in [1.165, 1.54) is 32.6 Å². The fourth-order valence-electron chi connectivity index (χ4n) is 3.69. The van der Waals surface area contributed by atoms with E-state index in [-0.39, 0.29) is 11.3 Å². The van der Waals surface area contributed by atoms with Gasteiger partial charge in [0.05, 0.1) is 11.4 Å². The predicted molar refractivity (Wildman–Crippen MR) is 141 cm³/mol. The van der Waals surface area contributed by atoms with Gasteiger partial charge in [0.15, 0.2) is 0 Å². The van der Waals surface area contributed by atoms with Crippen molar-refractivity contribution in [2.45, 2.75) is 6.92 Å². The second-order valence-electron chi connectivity index (χ2n) is 8.19. The number of hydrogen-bond acceptors (Lipinski definition) is 6. The number of carbonyl (C=O) groups is 1. The van der Waals surface area contributed by atoms with Crippen molar-refractivity contribution in [3.8, 4) is 21.8 Å². The summed E-state index contributed by atoms with van der Waals surface area (Å²) in [5.41, 5.74) is 4.43. The SMILES string of the molecule is Cc1ccc(-c2csc(-c3cc(C(=O)c4ccc(Cl)cc4)n4c(=O)/c(=C/N(C)C)sc34)n2)cc1. The van der Waals surface area contributed by atoms with Crippen LogP contribution >= 0.6 is 34.3 Å². The highest BCUT2D eigenvalue weighted by Gasteiger charge is 2.23. The molecule has 5 aromatic rings. The summed E-state index contributed by atoms with van der Waals surface area (Å²) in [4.78, 5) is 34.1. The molecule has 34 heavy (non-hydrogen) atoms. The van der Waals surface area contributed by atoms with Crippen LogP contribution in [0, 0.1) is 6.92 Å². The second kappa shape index (κ2) is 8.83. The van der Waals surface area contributed by atoms with Gasteiger partial charge in [-0.15, -0.1) is 22.7 Å². The third-order valence-corrected chi connectivity index (χ3v) is 7.60. The fraction of sp³-hybridized carbons (Fsp3) is 0.115. The Bertz CT molecular complexity index is 1630. The van der Waals surface area contributed by atoms with Crippen LogP contribution in [0.4, 0.5) is 0 Å². The third kappa shape index (κ3) is 4.07. The van der Waals surface area contributed by atoms with Crippen molar-refractivity contribution in [2.75, 3.05) is 14.1 Å². The quantitative estimate of drug-likeness (QED) is 0.302. The Morgan fingerprint density at radius 3 is 2.47 bits per heavy atom. The van der Waals surface area contributed by atoms with Crippen LogP contribution in [0.1, 0.15) is 21.6 Å². The molecule has 8 heteroatoms. The van der Waals surface area contributed by atoms with Crippen molar-refractivity contribution >= 4 is 51.1 Å². The van der Waals surface area contributed by atoms with E-state index in [0.717, 1.165) is 21.8 Å². The molecule has 0 aliphatic heterocycles. The molecule has 0 saturated carbocycles. The van der Waals surface area contributed by atoms with Crippen LogP contribution in [-0.2, 0) is 0 Å². The minimum absolute atomic E-state index is 0.215. The first-order chi connectivity index (χ1) is 16.3. The maximum absolute atomic E-state index is 13.4. The van der Waals surface area contributed by atoms with Gasteiger partial charge >= 0.3 is 0 Å². The van der Waals surface area contributed by atoms with E-state index in [0.29, 0.717) is 25.6 Å². The maximum atomic E-state index is 13.4. The Balaban J connectivity index is 1.70. The summed E-state index contributed by atoms with van der Waals surface area (Å²) in [7, 11) is 3.73. The minimum atomic E-state index is -0.237. The summed E-state index contributed by atoms with van der Waals surface area (Å²) < 4.78 is 2.07. The van der Waals surface area contributed by atoms with Crippen molar-refractivity contribution in [1.82, 2.24) is 14.3 Å². The highest BCUT2D eigenvalue weighted by Crippen LogP contribution is 2.34. The zero-order valence-electron chi connectivity index (χ0n) is 18.7. The van der Waals surface area contributed by atoms with E-state index in [1.54, 1.807) is 36.5 Å². The number of fused-ring (bicyclic) bond motifs is 1. The van der Waals surface area contributed by atoms with E-state index in [4.69, 9.17) is 16.6 Å². The summed E-state index contributed by atoms with van der Waals surface area (Å²) >= 11 is 8.86. The average molecular weight is 506 g/mol. The van der Waals surface area contributed by atoms with Crippen LogP contribution in [0.2, 0.25) is 5.02 Å². The number of benzene rings is 2. The number of nitrogens with zero attached hydrogens (tertiary/aromatic N) is 3. The molecule has 5 rings (SSSR count). The molecule has 0 atom stereocenters. The van der Waals surface area contributed by atoms with E-state index in [2.05, 4.69) is 12.1 Å². The minimum Gasteiger partial charge on any atom is -0.382 e. The highest BCUT2D eigenvalue weighted by molar-refractivity contribution is 7.17. The first-order valence-electron chi connectivity index (χ1n) is 10.5. The molecular weight excluding hydrogens is 486 g/mol. The lowest BCUT2D eigenvalue weighted by Crippen LogP contribution is -2.27. The molecule has 170 valence electrons. The lowest BCUT2D eigenvalue weighted by atomic mass is 10.1. The van der Waals surface area contributed by atoms with Crippen molar-refractivity contribution in [3.05, 3.63) is 96.7 Å². The molecule has 0 spiro atoms. The third-order valence-electron chi connectivity index (χ3n) is 5.37. The van der Waals surface area contributed by atoms with E-state index < -0.39 is 0 Å². The topological polar surface area (TPSA) is 54.7 Å². The summed E-state index contributed by atoms with van der Waals surface area (Å²) in [5, 5.41) is 3.32. The van der Waals surface area contributed by atoms with Crippen LogP contribution in [0.5, 0.6) is 0 Å². The van der Waals surface area contributed by atoms with Crippen LogP contribution in [0.15, 0.2) is 64.8 Å². The van der Waals surface area contributed by atoms with Gasteiger partial charge in [0.1, 0.15) is 14.4 Å². The molecule has 0 bridgehead atoms. The molecule has 0 N–H and O–H groups in total. The summed E-state index contributed by atoms with van der Waals surface area (Å²) in [6.07, 6.45) is 1.78. The summed E-state index contributed by atoms with van der Waals surface area (Å²) in [6, 6.07) is 16.7. The lowest BCUT2D eigenvalue weighted by molar-refractivity contribution is 0.103. The average Bonchev–Trinajstić information content (AvgIpc) is 3.50. The summed E-state index contributed by atoms with van der Waals surface area (Å²) in [5.74, 6) is -0.237. The molecular formula is C26H20ClN3O2S2. The van der Waals surface area contributed by atoms with Crippen LogP contribution < -0.4 is 10.1 Å². The molecule has 3 heterocycles. The Hall–Kier alpha value is -3.26. The largest absolute Gasteiger partial charge is 0.382 e. The maximum Gasteiger partial charge on any atom is 0.275 e. The van der Waals surface area contributed by atoms with Crippen molar-refractivity contribution in [3.63, 3.8) is 0 Å². The van der Waals surface area contributed by atoms with Gasteiger partial charge in [-0.3, -0.25) is 14.0 Å². The zero-order valence-corrected chi connectivity index (χ0v) is 21.1. The van der Waals surface area contributed by atoms with Crippen LogP contribution in [0.3, 0.4) is 0 Å². The fourth-order valence-corrected chi connectivity index (χ4v) is 5.92. The van der Waals surface area contributed by atoms with Gasteiger partial charge in [0.25, 0.3) is 5.56 Å². The van der Waals surface area contributed by atoms with Gasteiger partial charge in [-0.05, 0) is 37.3 Å². The van der Waals surface area contributed by atoms with Gasteiger partial charge < -0.3 is 4.90 Å². The number of halogens is 1. The monoisotopic (exact) mass is 505 g/mol. The molecule has 0 amide bonds. The Morgan fingerprint density at radius 1 is 1.09 bits per heavy atom.